The lowest BCUT2D eigenvalue weighted by molar-refractivity contribution is -0.117. The molecular weight excluding hydrogens is 412 g/mol. The third kappa shape index (κ3) is 5.14. The number of anilines is 1. The minimum absolute atomic E-state index is 0.0579. The summed E-state index contributed by atoms with van der Waals surface area (Å²) in [4.78, 5) is 40.2. The van der Waals surface area contributed by atoms with E-state index in [9.17, 15) is 14.4 Å². The Hall–Kier alpha value is -2.71. The Bertz CT molecular complexity index is 965. The van der Waals surface area contributed by atoms with Gasteiger partial charge in [-0.1, -0.05) is 18.2 Å². The molecule has 2 aliphatic rings. The standard InChI is InChI=1S/C23H28N4O3S/c24-21(29)20-17-8-4-5-9-18(17)31-23(20)26-19(28)14-27-12-10-16(11-13-27)25-22(30)15-6-2-1-3-7-15/h1-3,6-7,16H,4-5,8-14H2,(H2,24,29)(H,25,30)(H,26,28). The number of carbonyl (C=O) groups is 3. The van der Waals surface area contributed by atoms with Gasteiger partial charge in [0.2, 0.25) is 5.91 Å². The zero-order valence-corrected chi connectivity index (χ0v) is 18.3. The van der Waals surface area contributed by atoms with Gasteiger partial charge in [-0.2, -0.15) is 0 Å². The van der Waals surface area contributed by atoms with Gasteiger partial charge in [0.25, 0.3) is 11.8 Å². The number of thiophene rings is 1. The molecule has 0 bridgehead atoms. The summed E-state index contributed by atoms with van der Waals surface area (Å²) < 4.78 is 0. The molecule has 3 amide bonds. The van der Waals surface area contributed by atoms with Crippen molar-refractivity contribution in [3.8, 4) is 0 Å². The second-order valence-corrected chi connectivity index (χ2v) is 9.32. The molecule has 1 aromatic carbocycles. The van der Waals surface area contributed by atoms with E-state index in [0.29, 0.717) is 16.1 Å². The van der Waals surface area contributed by atoms with Crippen molar-refractivity contribution in [2.75, 3.05) is 25.0 Å². The van der Waals surface area contributed by atoms with Crippen LogP contribution in [0.25, 0.3) is 0 Å². The number of carbonyl (C=O) groups excluding carboxylic acids is 3. The van der Waals surface area contributed by atoms with Crippen LogP contribution in [-0.4, -0.2) is 48.3 Å². The number of rotatable bonds is 6. The van der Waals surface area contributed by atoms with Crippen molar-refractivity contribution in [2.24, 2.45) is 5.73 Å². The minimum atomic E-state index is -0.468. The molecule has 0 atom stereocenters. The van der Waals surface area contributed by atoms with E-state index < -0.39 is 5.91 Å². The number of amides is 3. The van der Waals surface area contributed by atoms with E-state index in [2.05, 4.69) is 15.5 Å². The van der Waals surface area contributed by atoms with Gasteiger partial charge in [-0.15, -0.1) is 11.3 Å². The first-order valence-corrected chi connectivity index (χ1v) is 11.7. The Balaban J connectivity index is 1.28. The molecule has 0 radical (unpaired) electrons. The number of nitrogens with two attached hydrogens (primary N) is 1. The van der Waals surface area contributed by atoms with Gasteiger partial charge in [-0.3, -0.25) is 19.3 Å². The number of fused-ring (bicyclic) bond motifs is 1. The number of aryl methyl sites for hydroxylation is 1. The molecule has 1 fully saturated rings. The van der Waals surface area contributed by atoms with Gasteiger partial charge in [0.1, 0.15) is 5.00 Å². The summed E-state index contributed by atoms with van der Waals surface area (Å²) in [5.41, 5.74) is 7.79. The lowest BCUT2D eigenvalue weighted by atomic mass is 9.95. The molecule has 1 saturated heterocycles. The van der Waals surface area contributed by atoms with Gasteiger partial charge in [-0.05, 0) is 56.2 Å². The molecule has 1 aromatic heterocycles. The van der Waals surface area contributed by atoms with E-state index in [1.807, 2.05) is 18.2 Å². The van der Waals surface area contributed by atoms with Crippen LogP contribution in [0.3, 0.4) is 0 Å². The van der Waals surface area contributed by atoms with Crippen molar-refractivity contribution in [2.45, 2.75) is 44.6 Å². The van der Waals surface area contributed by atoms with Gasteiger partial charge >= 0.3 is 0 Å². The van der Waals surface area contributed by atoms with Crippen LogP contribution in [0.5, 0.6) is 0 Å². The fraction of sp³-hybridized carbons (Fsp3) is 0.435. The number of hydrogen-bond acceptors (Lipinski definition) is 5. The van der Waals surface area contributed by atoms with Crippen molar-refractivity contribution >= 4 is 34.1 Å². The quantitative estimate of drug-likeness (QED) is 0.642. The summed E-state index contributed by atoms with van der Waals surface area (Å²) in [5, 5.41) is 6.60. The number of likely N-dealkylation sites (tertiary alicyclic amines) is 1. The first-order chi connectivity index (χ1) is 15.0. The zero-order chi connectivity index (χ0) is 21.8. The maximum absolute atomic E-state index is 12.6. The van der Waals surface area contributed by atoms with E-state index in [1.54, 1.807) is 12.1 Å². The molecule has 2 aromatic rings. The van der Waals surface area contributed by atoms with Crippen LogP contribution < -0.4 is 16.4 Å². The molecule has 4 rings (SSSR count). The van der Waals surface area contributed by atoms with Gasteiger partial charge < -0.3 is 16.4 Å². The summed E-state index contributed by atoms with van der Waals surface area (Å²) in [5.74, 6) is -0.657. The highest BCUT2D eigenvalue weighted by atomic mass is 32.1. The fourth-order valence-corrected chi connectivity index (χ4v) is 5.69. The second kappa shape index (κ2) is 9.62. The predicted molar refractivity (Wildman–Crippen MR) is 121 cm³/mol. The Kier molecular flexibility index (Phi) is 6.67. The highest BCUT2D eigenvalue weighted by Gasteiger charge is 2.26. The highest BCUT2D eigenvalue weighted by molar-refractivity contribution is 7.17. The number of piperidine rings is 1. The predicted octanol–water partition coefficient (Wildman–Crippen LogP) is 2.56. The van der Waals surface area contributed by atoms with Gasteiger partial charge in [-0.25, -0.2) is 0 Å². The smallest absolute Gasteiger partial charge is 0.251 e. The maximum Gasteiger partial charge on any atom is 0.251 e. The molecule has 8 heteroatoms. The van der Waals surface area contributed by atoms with Gasteiger partial charge in [0.15, 0.2) is 0 Å². The number of nitrogens with zero attached hydrogens (tertiary/aromatic N) is 1. The summed E-state index contributed by atoms with van der Waals surface area (Å²) in [7, 11) is 0. The summed E-state index contributed by atoms with van der Waals surface area (Å²) in [6.07, 6.45) is 5.54. The maximum atomic E-state index is 12.6. The van der Waals surface area contributed by atoms with E-state index in [1.165, 1.54) is 16.2 Å². The average molecular weight is 441 g/mol. The molecule has 0 spiro atoms. The molecule has 31 heavy (non-hydrogen) atoms. The highest BCUT2D eigenvalue weighted by Crippen LogP contribution is 2.37. The second-order valence-electron chi connectivity index (χ2n) is 8.22. The number of hydrogen-bond donors (Lipinski definition) is 3. The van der Waals surface area contributed by atoms with E-state index in [-0.39, 0.29) is 24.4 Å². The Labute approximate surface area is 186 Å². The van der Waals surface area contributed by atoms with Crippen molar-refractivity contribution in [3.63, 3.8) is 0 Å². The Morgan fingerprint density at radius 3 is 2.48 bits per heavy atom. The van der Waals surface area contributed by atoms with Crippen molar-refractivity contribution in [1.29, 1.82) is 0 Å². The molecule has 0 unspecified atom stereocenters. The molecular formula is C23H28N4O3S. The van der Waals surface area contributed by atoms with E-state index in [4.69, 9.17) is 5.73 Å². The molecule has 7 nitrogen and oxygen atoms in total. The third-order valence-electron chi connectivity index (χ3n) is 6.00. The van der Waals surface area contributed by atoms with Crippen LogP contribution >= 0.6 is 11.3 Å². The topological polar surface area (TPSA) is 105 Å². The minimum Gasteiger partial charge on any atom is -0.365 e. The first kappa shape index (κ1) is 21.5. The van der Waals surface area contributed by atoms with E-state index >= 15 is 0 Å². The Morgan fingerprint density at radius 1 is 1.06 bits per heavy atom. The normalized spacial score (nSPS) is 17.0. The van der Waals surface area contributed by atoms with Crippen LogP contribution in [0.2, 0.25) is 0 Å². The van der Waals surface area contributed by atoms with Crippen LogP contribution in [0.4, 0.5) is 5.00 Å². The van der Waals surface area contributed by atoms with Gasteiger partial charge in [0, 0.05) is 29.6 Å². The molecule has 0 saturated carbocycles. The van der Waals surface area contributed by atoms with Crippen LogP contribution in [0, 0.1) is 0 Å². The molecule has 1 aliphatic carbocycles. The van der Waals surface area contributed by atoms with Crippen LogP contribution in [0.15, 0.2) is 30.3 Å². The number of benzene rings is 1. The number of primary amides is 1. The Morgan fingerprint density at radius 2 is 1.77 bits per heavy atom. The third-order valence-corrected chi connectivity index (χ3v) is 7.20. The van der Waals surface area contributed by atoms with Gasteiger partial charge in [0.05, 0.1) is 12.1 Å². The monoisotopic (exact) mass is 440 g/mol. The van der Waals surface area contributed by atoms with Crippen LogP contribution in [0.1, 0.15) is 56.8 Å². The lowest BCUT2D eigenvalue weighted by Gasteiger charge is -2.31. The zero-order valence-electron chi connectivity index (χ0n) is 17.5. The first-order valence-electron chi connectivity index (χ1n) is 10.8. The molecule has 4 N–H and O–H groups in total. The van der Waals surface area contributed by atoms with Crippen molar-refractivity contribution in [3.05, 3.63) is 51.9 Å². The summed E-state index contributed by atoms with van der Waals surface area (Å²) in [6.45, 7) is 1.73. The summed E-state index contributed by atoms with van der Waals surface area (Å²) >= 11 is 1.49. The largest absolute Gasteiger partial charge is 0.365 e. The van der Waals surface area contributed by atoms with Crippen molar-refractivity contribution < 1.29 is 14.4 Å². The van der Waals surface area contributed by atoms with Crippen LogP contribution in [-0.2, 0) is 17.6 Å². The lowest BCUT2D eigenvalue weighted by Crippen LogP contribution is -2.46. The summed E-state index contributed by atoms with van der Waals surface area (Å²) in [6, 6.07) is 9.30. The number of nitrogens with one attached hydrogen (secondary N) is 2. The molecule has 164 valence electrons. The molecule has 1 aliphatic heterocycles. The average Bonchev–Trinajstić information content (AvgIpc) is 3.13. The van der Waals surface area contributed by atoms with Crippen molar-refractivity contribution in [1.82, 2.24) is 10.2 Å². The SMILES string of the molecule is NC(=O)c1c(NC(=O)CN2CCC(NC(=O)c3ccccc3)CC2)sc2c1CCCC2. The fourth-order valence-electron chi connectivity index (χ4n) is 4.38. The van der Waals surface area contributed by atoms with E-state index in [0.717, 1.165) is 57.2 Å². The molecule has 2 heterocycles.